The molecule has 0 N–H and O–H groups in total. The molecule has 112 heavy (non-hydrogen) atoms. The van der Waals surface area contributed by atoms with E-state index in [4.69, 9.17) is 37.3 Å². The number of hydrogen-bond donors (Lipinski definition) is 0. The molecule has 0 saturated heterocycles. The molecule has 556 valence electrons. The van der Waals surface area contributed by atoms with Gasteiger partial charge in [0.05, 0.1) is 22.3 Å². The monoisotopic (exact) mass is 1480 g/mol. The Morgan fingerprint density at radius 3 is 0.884 bits per heavy atom. The minimum atomic E-state index is -1.66. The predicted molar refractivity (Wildman–Crippen MR) is 431 cm³/mol. The standard InChI is InChI=1S/C96H78N2O14/c1-49-31-50(2)36-61(35-49)105-77-45-69-81-70(92(100)97(91(69)99)89(95(103)109-59-19-11-9-12-20-59)57-27-29-67-65-23-15-17-25-73(65)111-75(67)43-57)47-79(107-63-39-53(5)33-54(6)40-63)85-86-80(108-64-41-55(7)34-56(8)42-64)48-72-82-71(46-78(84(88(82)86)83(77)87(81)85)106-62-37-51(3)32-52(4)38-62)93(101)98(94(72)102)90(96(104)110-60-21-13-10-14-22-60)58-28-30-68-66-24-16-18-26-74(66)112-76(68)44-58/h15-18,23-48,59-60,89-90H,9-14,19-22H2,1-8H3. The Morgan fingerprint density at radius 1 is 0.312 bits per heavy atom. The molecule has 2 atom stereocenters. The summed E-state index contributed by atoms with van der Waals surface area (Å²) in [7, 11) is 0. The number of benzene rings is 13. The number of esters is 2. The summed E-state index contributed by atoms with van der Waals surface area (Å²) < 4.78 is 55.9. The van der Waals surface area contributed by atoms with Gasteiger partial charge in [0.15, 0.2) is 12.1 Å². The molecule has 15 aromatic rings. The Kier molecular flexibility index (Phi) is 16.8. The molecule has 2 saturated carbocycles. The first-order chi connectivity index (χ1) is 54.2. The summed E-state index contributed by atoms with van der Waals surface area (Å²) in [6.07, 6.45) is 6.74. The van der Waals surface area contributed by atoms with Gasteiger partial charge < -0.3 is 37.3 Å². The minimum absolute atomic E-state index is 0.0113. The Balaban J connectivity index is 0.940. The summed E-state index contributed by atoms with van der Waals surface area (Å²) in [6, 6.07) is 52.1. The molecule has 4 amide bonds. The molecular weight excluding hydrogens is 1410 g/mol. The third-order valence-electron chi connectivity index (χ3n) is 22.7. The van der Waals surface area contributed by atoms with Gasteiger partial charge in [-0.15, -0.1) is 0 Å². The average Bonchev–Trinajstić information content (AvgIpc) is 0.923. The van der Waals surface area contributed by atoms with Crippen molar-refractivity contribution in [1.29, 1.82) is 0 Å². The molecule has 0 spiro atoms. The van der Waals surface area contributed by atoms with E-state index < -0.39 is 59.9 Å². The van der Waals surface area contributed by atoms with Crippen LogP contribution < -0.4 is 18.9 Å². The Bertz CT molecular complexity index is 5870. The third kappa shape index (κ3) is 11.9. The average molecular weight is 1480 g/mol. The van der Waals surface area contributed by atoms with Gasteiger partial charge in [0.2, 0.25) is 0 Å². The highest BCUT2D eigenvalue weighted by Crippen LogP contribution is 2.59. The van der Waals surface area contributed by atoms with Gasteiger partial charge in [0, 0.05) is 64.6 Å². The van der Waals surface area contributed by atoms with Crippen molar-refractivity contribution in [3.8, 4) is 46.0 Å². The first kappa shape index (κ1) is 69.6. The fourth-order valence-corrected chi connectivity index (χ4v) is 18.2. The number of rotatable bonds is 16. The zero-order chi connectivity index (χ0) is 76.8. The van der Waals surface area contributed by atoms with Crippen molar-refractivity contribution in [2.45, 2.75) is 144 Å². The molecule has 19 rings (SSSR count). The van der Waals surface area contributed by atoms with E-state index in [1.165, 1.54) is 0 Å². The van der Waals surface area contributed by atoms with Crippen LogP contribution in [-0.4, -0.2) is 57.6 Å². The summed E-state index contributed by atoms with van der Waals surface area (Å²) >= 11 is 0. The molecule has 2 aromatic heterocycles. The highest BCUT2D eigenvalue weighted by molar-refractivity contribution is 6.45. The lowest BCUT2D eigenvalue weighted by atomic mass is 9.80. The first-order valence-electron chi connectivity index (χ1n) is 38.6. The van der Waals surface area contributed by atoms with Gasteiger partial charge >= 0.3 is 11.9 Å². The van der Waals surface area contributed by atoms with E-state index in [2.05, 4.69) is 0 Å². The Morgan fingerprint density at radius 2 is 0.589 bits per heavy atom. The van der Waals surface area contributed by atoms with Gasteiger partial charge in [-0.1, -0.05) is 97.8 Å². The predicted octanol–water partition coefficient (Wildman–Crippen LogP) is 23.6. The maximum Gasteiger partial charge on any atom is 0.334 e. The third-order valence-corrected chi connectivity index (χ3v) is 22.7. The van der Waals surface area contributed by atoms with Gasteiger partial charge in [-0.25, -0.2) is 9.59 Å². The zero-order valence-corrected chi connectivity index (χ0v) is 63.3. The number of aryl methyl sites for hydroxylation is 8. The first-order valence-corrected chi connectivity index (χ1v) is 38.6. The lowest BCUT2D eigenvalue weighted by Crippen LogP contribution is -2.47. The van der Waals surface area contributed by atoms with Gasteiger partial charge in [-0.3, -0.25) is 29.0 Å². The highest BCUT2D eigenvalue weighted by Gasteiger charge is 2.49. The molecule has 2 fully saturated rings. The molecule has 2 aliphatic carbocycles. The quantitative estimate of drug-likeness (QED) is 0.0384. The van der Waals surface area contributed by atoms with E-state index in [1.807, 2.05) is 189 Å². The SMILES string of the molecule is Cc1cc(C)cc(Oc2cc3c4c(cc(Oc5cc(C)cc(C)c5)c5c6c(Oc7cc(C)cc(C)c7)cc7c8c(cc(Oc9cc(C)cc(C)c9)c(c2c45)c86)C(=O)N(C(C(=O)OC2CCCCC2)c2ccc4c(c2)oc2ccccc24)C7=O)C(=O)N(C(C(=O)OC2CCCCC2)c2ccc4c(c2)oc2ccccc24)C3=O)c1. The van der Waals surface area contributed by atoms with E-state index in [0.717, 1.165) is 114 Å². The Labute approximate surface area is 644 Å². The maximum atomic E-state index is 17.0. The number of ether oxygens (including phenoxy) is 6. The van der Waals surface area contributed by atoms with Crippen molar-refractivity contribution in [2.75, 3.05) is 0 Å². The van der Waals surface area contributed by atoms with Crippen molar-refractivity contribution in [3.05, 3.63) is 260 Å². The second-order valence-electron chi connectivity index (χ2n) is 31.3. The minimum Gasteiger partial charge on any atom is -0.461 e. The molecule has 4 aliphatic rings. The zero-order valence-electron chi connectivity index (χ0n) is 63.3. The van der Waals surface area contributed by atoms with Crippen LogP contribution in [0.3, 0.4) is 0 Å². The lowest BCUT2D eigenvalue weighted by molar-refractivity contribution is -0.156. The van der Waals surface area contributed by atoms with Crippen molar-refractivity contribution < 1.29 is 66.0 Å². The van der Waals surface area contributed by atoms with Crippen LogP contribution in [0.4, 0.5) is 0 Å². The van der Waals surface area contributed by atoms with E-state index in [-0.39, 0.29) is 77.9 Å². The topological polar surface area (TPSA) is 191 Å². The molecule has 16 nitrogen and oxygen atoms in total. The number of amides is 4. The number of fused-ring (bicyclic) bond motifs is 8. The van der Waals surface area contributed by atoms with E-state index in [1.54, 1.807) is 48.5 Å². The molecule has 4 heterocycles. The summed E-state index contributed by atoms with van der Waals surface area (Å²) in [4.78, 5) is 102. The van der Waals surface area contributed by atoms with Crippen LogP contribution in [0.25, 0.3) is 87.0 Å². The number of nitrogens with zero attached hydrogens (tertiary/aromatic N) is 2. The number of imide groups is 2. The van der Waals surface area contributed by atoms with Crippen LogP contribution >= 0.6 is 0 Å². The van der Waals surface area contributed by atoms with Crippen LogP contribution in [0.15, 0.2) is 191 Å². The van der Waals surface area contributed by atoms with Gasteiger partial charge in [0.25, 0.3) is 23.6 Å². The van der Waals surface area contributed by atoms with Crippen molar-refractivity contribution in [2.24, 2.45) is 0 Å². The number of furan rings is 2. The summed E-state index contributed by atoms with van der Waals surface area (Å²) in [6.45, 7) is 15.6. The fraction of sp³-hybridized carbons (Fsp3) is 0.229. The normalized spacial score (nSPS) is 15.5. The number of carbonyl (C=O) groups is 6. The molecule has 0 radical (unpaired) electrons. The largest absolute Gasteiger partial charge is 0.461 e. The molecule has 16 heteroatoms. The fourth-order valence-electron chi connectivity index (χ4n) is 18.2. The van der Waals surface area contributed by atoms with Crippen molar-refractivity contribution in [1.82, 2.24) is 9.80 Å². The second kappa shape index (κ2) is 27.0. The van der Waals surface area contributed by atoms with Crippen LogP contribution in [0.5, 0.6) is 46.0 Å². The van der Waals surface area contributed by atoms with Crippen molar-refractivity contribution in [3.63, 3.8) is 0 Å². The molecule has 2 unspecified atom stereocenters. The maximum absolute atomic E-state index is 17.0. The van der Waals surface area contributed by atoms with E-state index in [0.29, 0.717) is 92.6 Å². The van der Waals surface area contributed by atoms with Crippen LogP contribution in [-0.2, 0) is 19.1 Å². The van der Waals surface area contributed by atoms with Crippen LogP contribution in [0.2, 0.25) is 0 Å². The van der Waals surface area contributed by atoms with Gasteiger partial charge in [-0.05, 0) is 259 Å². The Hall–Kier alpha value is -12.8. The summed E-state index contributed by atoms with van der Waals surface area (Å²) in [5.41, 5.74) is 9.51. The lowest BCUT2D eigenvalue weighted by Gasteiger charge is -2.36. The van der Waals surface area contributed by atoms with Crippen LogP contribution in [0, 0.1) is 55.4 Å². The second-order valence-corrected chi connectivity index (χ2v) is 31.3. The smallest absolute Gasteiger partial charge is 0.334 e. The molecule has 0 bridgehead atoms. The van der Waals surface area contributed by atoms with Gasteiger partial charge in [-0.2, -0.15) is 0 Å². The summed E-state index contributed by atoms with van der Waals surface area (Å²) in [5.74, 6) is -3.05. The van der Waals surface area contributed by atoms with Crippen molar-refractivity contribution >= 4 is 123 Å². The van der Waals surface area contributed by atoms with E-state index in [9.17, 15) is 0 Å². The molecule has 2 aliphatic heterocycles. The van der Waals surface area contributed by atoms with Crippen LogP contribution in [0.1, 0.15) is 173 Å². The van der Waals surface area contributed by atoms with Gasteiger partial charge in [0.1, 0.15) is 80.5 Å². The highest BCUT2D eigenvalue weighted by atomic mass is 16.6. The van der Waals surface area contributed by atoms with E-state index >= 15 is 28.8 Å². The number of para-hydroxylation sites is 2. The number of carbonyl (C=O) groups excluding carboxylic acids is 6. The molecule has 13 aromatic carbocycles. The molecular formula is C96H78N2O14. The number of hydrogen-bond acceptors (Lipinski definition) is 14. The summed E-state index contributed by atoms with van der Waals surface area (Å²) in [5, 5.41) is 5.32.